The van der Waals surface area contributed by atoms with Gasteiger partial charge in [0.1, 0.15) is 5.60 Å². The standard InChI is InChI=1S/C18H21NO3/c1-13(2)18(22,17(12-19)8-4-9-17)10-7-14-5-3-6-15(11-14)16(20)21/h3,5-7,10-11,13,22H,4,8-9H2,1-2H3,(H,20,21)/b10-7+/t18-/m0/s1. The van der Waals surface area contributed by atoms with Gasteiger partial charge in [0.05, 0.1) is 17.0 Å². The average molecular weight is 299 g/mol. The van der Waals surface area contributed by atoms with Gasteiger partial charge in [-0.05, 0) is 36.5 Å². The summed E-state index contributed by atoms with van der Waals surface area (Å²) in [5, 5.41) is 29.6. The molecule has 1 atom stereocenters. The van der Waals surface area contributed by atoms with Crippen molar-refractivity contribution in [3.05, 3.63) is 41.5 Å². The SMILES string of the molecule is CC(C)[C@@](O)(/C=C/c1cccc(C(=O)O)c1)C1(C#N)CCC1. The number of hydrogen-bond acceptors (Lipinski definition) is 3. The van der Waals surface area contributed by atoms with E-state index in [4.69, 9.17) is 5.11 Å². The van der Waals surface area contributed by atoms with Crippen molar-refractivity contribution in [1.82, 2.24) is 0 Å². The van der Waals surface area contributed by atoms with Crippen molar-refractivity contribution in [3.63, 3.8) is 0 Å². The summed E-state index contributed by atoms with van der Waals surface area (Å²) >= 11 is 0. The van der Waals surface area contributed by atoms with Crippen LogP contribution in [0.4, 0.5) is 0 Å². The lowest BCUT2D eigenvalue weighted by Crippen LogP contribution is -2.53. The van der Waals surface area contributed by atoms with E-state index >= 15 is 0 Å². The molecular weight excluding hydrogens is 278 g/mol. The number of aliphatic hydroxyl groups is 1. The van der Waals surface area contributed by atoms with E-state index in [1.807, 2.05) is 13.8 Å². The van der Waals surface area contributed by atoms with Crippen LogP contribution in [-0.2, 0) is 0 Å². The zero-order valence-electron chi connectivity index (χ0n) is 12.9. The van der Waals surface area contributed by atoms with Crippen molar-refractivity contribution >= 4 is 12.0 Å². The number of hydrogen-bond donors (Lipinski definition) is 2. The predicted octanol–water partition coefficient (Wildman–Crippen LogP) is 3.48. The molecule has 1 aliphatic rings. The number of carbonyl (C=O) groups is 1. The Balaban J connectivity index is 2.34. The van der Waals surface area contributed by atoms with Crippen LogP contribution in [0.1, 0.15) is 49.0 Å². The molecule has 0 spiro atoms. The maximum absolute atomic E-state index is 11.1. The summed E-state index contributed by atoms with van der Waals surface area (Å²) in [6.45, 7) is 3.80. The maximum Gasteiger partial charge on any atom is 0.335 e. The van der Waals surface area contributed by atoms with Crippen LogP contribution >= 0.6 is 0 Å². The molecule has 0 unspecified atom stereocenters. The minimum atomic E-state index is -1.21. The quantitative estimate of drug-likeness (QED) is 0.872. The van der Waals surface area contributed by atoms with Gasteiger partial charge in [-0.2, -0.15) is 5.26 Å². The van der Waals surface area contributed by atoms with Crippen LogP contribution in [0.3, 0.4) is 0 Å². The lowest BCUT2D eigenvalue weighted by Gasteiger charge is -2.49. The first-order valence-corrected chi connectivity index (χ1v) is 7.51. The number of nitriles is 1. The van der Waals surface area contributed by atoms with Crippen LogP contribution in [-0.4, -0.2) is 21.8 Å². The van der Waals surface area contributed by atoms with Crippen LogP contribution in [0.5, 0.6) is 0 Å². The molecule has 0 saturated heterocycles. The summed E-state index contributed by atoms with van der Waals surface area (Å²) in [5.74, 6) is -1.09. The van der Waals surface area contributed by atoms with E-state index < -0.39 is 17.0 Å². The topological polar surface area (TPSA) is 81.3 Å². The Morgan fingerprint density at radius 1 is 1.45 bits per heavy atom. The van der Waals surface area contributed by atoms with E-state index in [2.05, 4.69) is 6.07 Å². The summed E-state index contributed by atoms with van der Waals surface area (Å²) < 4.78 is 0. The highest BCUT2D eigenvalue weighted by Crippen LogP contribution is 2.52. The van der Waals surface area contributed by atoms with E-state index in [1.165, 1.54) is 6.07 Å². The van der Waals surface area contributed by atoms with Crippen molar-refractivity contribution in [3.8, 4) is 6.07 Å². The fraction of sp³-hybridized carbons (Fsp3) is 0.444. The first kappa shape index (κ1) is 16.3. The molecule has 2 N–H and O–H groups in total. The fourth-order valence-corrected chi connectivity index (χ4v) is 3.04. The van der Waals surface area contributed by atoms with Crippen molar-refractivity contribution in [2.75, 3.05) is 0 Å². The van der Waals surface area contributed by atoms with Crippen molar-refractivity contribution in [2.45, 2.75) is 38.7 Å². The summed E-state index contributed by atoms with van der Waals surface area (Å²) in [7, 11) is 0. The second-order valence-electron chi connectivity index (χ2n) is 6.29. The fourth-order valence-electron chi connectivity index (χ4n) is 3.04. The molecule has 1 fully saturated rings. The Labute approximate surface area is 130 Å². The largest absolute Gasteiger partial charge is 0.478 e. The summed E-state index contributed by atoms with van der Waals surface area (Å²) in [5.41, 5.74) is -1.04. The van der Waals surface area contributed by atoms with Gasteiger partial charge < -0.3 is 10.2 Å². The number of rotatable bonds is 5. The molecule has 0 bridgehead atoms. The van der Waals surface area contributed by atoms with Crippen molar-refractivity contribution < 1.29 is 15.0 Å². The van der Waals surface area contributed by atoms with Crippen LogP contribution in [0.2, 0.25) is 0 Å². The zero-order chi connectivity index (χ0) is 16.4. The van der Waals surface area contributed by atoms with E-state index in [0.29, 0.717) is 18.4 Å². The van der Waals surface area contributed by atoms with Gasteiger partial charge in [0.15, 0.2) is 0 Å². The molecule has 1 aromatic carbocycles. The first-order chi connectivity index (χ1) is 10.3. The molecule has 1 aromatic rings. The zero-order valence-corrected chi connectivity index (χ0v) is 12.9. The summed E-state index contributed by atoms with van der Waals surface area (Å²) in [6, 6.07) is 8.84. The molecule has 4 nitrogen and oxygen atoms in total. The lowest BCUT2D eigenvalue weighted by molar-refractivity contribution is -0.0869. The molecule has 116 valence electrons. The third-order valence-corrected chi connectivity index (χ3v) is 4.73. The minimum absolute atomic E-state index is 0.105. The molecule has 0 amide bonds. The number of nitrogens with zero attached hydrogens (tertiary/aromatic N) is 1. The monoisotopic (exact) mass is 299 g/mol. The number of benzene rings is 1. The van der Waals surface area contributed by atoms with Gasteiger partial charge in [-0.25, -0.2) is 4.79 Å². The Morgan fingerprint density at radius 3 is 2.59 bits per heavy atom. The van der Waals surface area contributed by atoms with Crippen molar-refractivity contribution in [2.24, 2.45) is 11.3 Å². The van der Waals surface area contributed by atoms with Crippen LogP contribution < -0.4 is 0 Å². The van der Waals surface area contributed by atoms with E-state index in [0.717, 1.165) is 6.42 Å². The smallest absolute Gasteiger partial charge is 0.335 e. The molecule has 0 radical (unpaired) electrons. The molecular formula is C18H21NO3. The molecule has 2 rings (SSSR count). The predicted molar refractivity (Wildman–Crippen MR) is 84.1 cm³/mol. The Kier molecular flexibility index (Phi) is 4.39. The molecule has 0 aromatic heterocycles. The van der Waals surface area contributed by atoms with Gasteiger partial charge in [-0.3, -0.25) is 0 Å². The molecule has 22 heavy (non-hydrogen) atoms. The summed E-state index contributed by atoms with van der Waals surface area (Å²) in [4.78, 5) is 11.0. The maximum atomic E-state index is 11.1. The van der Waals surface area contributed by atoms with E-state index in [1.54, 1.807) is 30.4 Å². The van der Waals surface area contributed by atoms with Gasteiger partial charge in [0.25, 0.3) is 0 Å². The van der Waals surface area contributed by atoms with Crippen LogP contribution in [0.25, 0.3) is 6.08 Å². The van der Waals surface area contributed by atoms with E-state index in [-0.39, 0.29) is 11.5 Å². The Hall–Kier alpha value is -2.12. The third kappa shape index (κ3) is 2.65. The molecule has 4 heteroatoms. The highest BCUT2D eigenvalue weighted by atomic mass is 16.4. The molecule has 0 heterocycles. The number of aromatic carboxylic acids is 1. The average Bonchev–Trinajstić information content (AvgIpc) is 2.44. The minimum Gasteiger partial charge on any atom is -0.478 e. The normalized spacial score (nSPS) is 19.4. The first-order valence-electron chi connectivity index (χ1n) is 7.51. The Morgan fingerprint density at radius 2 is 2.14 bits per heavy atom. The van der Waals surface area contributed by atoms with Gasteiger partial charge >= 0.3 is 5.97 Å². The number of carboxylic acid groups (broad SMARTS) is 1. The second-order valence-corrected chi connectivity index (χ2v) is 6.29. The third-order valence-electron chi connectivity index (χ3n) is 4.73. The summed E-state index contributed by atoms with van der Waals surface area (Å²) in [6.07, 6.45) is 5.71. The highest BCUT2D eigenvalue weighted by Gasteiger charge is 2.54. The van der Waals surface area contributed by atoms with Gasteiger partial charge in [0.2, 0.25) is 0 Å². The lowest BCUT2D eigenvalue weighted by atomic mass is 9.56. The van der Waals surface area contributed by atoms with E-state index in [9.17, 15) is 15.2 Å². The molecule has 1 aliphatic carbocycles. The second kappa shape index (κ2) is 5.94. The molecule has 1 saturated carbocycles. The van der Waals surface area contributed by atoms with Crippen LogP contribution in [0.15, 0.2) is 30.3 Å². The van der Waals surface area contributed by atoms with Crippen molar-refractivity contribution in [1.29, 1.82) is 5.26 Å². The van der Waals surface area contributed by atoms with Gasteiger partial charge in [-0.15, -0.1) is 0 Å². The highest BCUT2D eigenvalue weighted by molar-refractivity contribution is 5.88. The Bertz CT molecular complexity index is 638. The van der Waals surface area contributed by atoms with Crippen LogP contribution in [0, 0.1) is 22.7 Å². The molecule has 0 aliphatic heterocycles. The van der Waals surface area contributed by atoms with Gasteiger partial charge in [-0.1, -0.05) is 44.6 Å². The number of carboxylic acids is 1. The van der Waals surface area contributed by atoms with Gasteiger partial charge in [0, 0.05) is 0 Å².